The van der Waals surface area contributed by atoms with Crippen molar-refractivity contribution >= 4 is 28.6 Å². The van der Waals surface area contributed by atoms with E-state index in [9.17, 15) is 0 Å². The Balaban J connectivity index is 1.60. The summed E-state index contributed by atoms with van der Waals surface area (Å²) in [5.74, 6) is 3.06. The van der Waals surface area contributed by atoms with Crippen molar-refractivity contribution in [2.45, 2.75) is 33.2 Å². The quantitative estimate of drug-likeness (QED) is 0.761. The molecule has 1 fully saturated rings. The number of nitrogens with zero attached hydrogens (tertiary/aromatic N) is 7. The van der Waals surface area contributed by atoms with E-state index in [2.05, 4.69) is 49.7 Å². The van der Waals surface area contributed by atoms with Gasteiger partial charge in [-0.3, -0.25) is 0 Å². The Morgan fingerprint density at radius 1 is 1.26 bits per heavy atom. The number of nitrogens with one attached hydrogen (secondary N) is 1. The Labute approximate surface area is 157 Å². The predicted octanol–water partition coefficient (Wildman–Crippen LogP) is 3.20. The number of aryl methyl sites for hydroxylation is 1. The topological polar surface area (TPSA) is 95.6 Å². The molecule has 0 aromatic carbocycles. The largest absolute Gasteiger partial charge is 0.339 e. The highest BCUT2D eigenvalue weighted by molar-refractivity contribution is 5.79. The molecule has 0 saturated carbocycles. The molecule has 4 rings (SSSR count). The minimum Gasteiger partial charge on any atom is -0.339 e. The summed E-state index contributed by atoms with van der Waals surface area (Å²) in [5.41, 5.74) is 1.93. The Kier molecular flexibility index (Phi) is 4.36. The third-order valence-electron chi connectivity index (χ3n) is 4.82. The lowest BCUT2D eigenvalue weighted by Crippen LogP contribution is -2.22. The molecule has 0 amide bonds. The zero-order valence-corrected chi connectivity index (χ0v) is 15.7. The monoisotopic (exact) mass is 362 g/mol. The molecular weight excluding hydrogens is 340 g/mol. The zero-order valence-electron chi connectivity index (χ0n) is 15.7. The number of imidazole rings is 1. The maximum Gasteiger partial charge on any atom is 0.227 e. The Hall–Kier alpha value is -3.21. The maximum atomic E-state index is 9.08. The number of hydrogen-bond donors (Lipinski definition) is 1. The molecule has 1 atom stereocenters. The Bertz CT molecular complexity index is 1020. The third kappa shape index (κ3) is 3.28. The summed E-state index contributed by atoms with van der Waals surface area (Å²) in [6, 6.07) is 6.46. The number of hydrogen-bond acceptors (Lipinski definition) is 7. The molecule has 0 unspecified atom stereocenters. The number of fused-ring (bicyclic) bond motifs is 1. The SMILES string of the molecule is Cc1nc2cnc(Nc3ccnc(N4CC[C@@H](C#N)C4)n3)cc2n1C(C)C. The molecule has 0 radical (unpaired) electrons. The van der Waals surface area contributed by atoms with Crippen LogP contribution < -0.4 is 10.2 Å². The number of aromatic nitrogens is 5. The average Bonchev–Trinajstić information content (AvgIpc) is 3.25. The van der Waals surface area contributed by atoms with Gasteiger partial charge in [0, 0.05) is 31.4 Å². The molecule has 138 valence electrons. The first-order valence-electron chi connectivity index (χ1n) is 9.14. The van der Waals surface area contributed by atoms with Gasteiger partial charge in [0.05, 0.1) is 23.7 Å². The van der Waals surface area contributed by atoms with Crippen LogP contribution in [-0.4, -0.2) is 37.6 Å². The second kappa shape index (κ2) is 6.83. The van der Waals surface area contributed by atoms with Crippen molar-refractivity contribution in [1.82, 2.24) is 24.5 Å². The van der Waals surface area contributed by atoms with E-state index in [1.165, 1.54) is 0 Å². The Morgan fingerprint density at radius 2 is 2.11 bits per heavy atom. The van der Waals surface area contributed by atoms with Gasteiger partial charge in [0.1, 0.15) is 23.0 Å². The van der Waals surface area contributed by atoms with Crippen molar-refractivity contribution in [3.63, 3.8) is 0 Å². The average molecular weight is 362 g/mol. The summed E-state index contributed by atoms with van der Waals surface area (Å²) in [6.45, 7) is 7.77. The lowest BCUT2D eigenvalue weighted by Gasteiger charge is -2.16. The molecule has 0 bridgehead atoms. The van der Waals surface area contributed by atoms with Crippen LogP contribution in [0.15, 0.2) is 24.5 Å². The maximum absolute atomic E-state index is 9.08. The fourth-order valence-electron chi connectivity index (χ4n) is 3.59. The van der Waals surface area contributed by atoms with Crippen LogP contribution in [0.5, 0.6) is 0 Å². The van der Waals surface area contributed by atoms with E-state index in [0.717, 1.165) is 29.8 Å². The molecule has 1 saturated heterocycles. The van der Waals surface area contributed by atoms with E-state index in [4.69, 9.17) is 5.26 Å². The molecule has 8 nitrogen and oxygen atoms in total. The van der Waals surface area contributed by atoms with Gasteiger partial charge in [-0.2, -0.15) is 10.2 Å². The van der Waals surface area contributed by atoms with Crippen LogP contribution >= 0.6 is 0 Å². The highest BCUT2D eigenvalue weighted by atomic mass is 15.3. The molecule has 0 aliphatic carbocycles. The van der Waals surface area contributed by atoms with Crippen LogP contribution in [0.2, 0.25) is 0 Å². The van der Waals surface area contributed by atoms with Crippen molar-refractivity contribution < 1.29 is 0 Å². The van der Waals surface area contributed by atoms with Crippen molar-refractivity contribution in [2.75, 3.05) is 23.3 Å². The van der Waals surface area contributed by atoms with Gasteiger partial charge in [-0.05, 0) is 33.3 Å². The van der Waals surface area contributed by atoms with Crippen molar-refractivity contribution in [3.05, 3.63) is 30.4 Å². The fraction of sp³-hybridized carbons (Fsp3) is 0.421. The van der Waals surface area contributed by atoms with Gasteiger partial charge in [-0.1, -0.05) is 0 Å². The molecule has 0 spiro atoms. The lowest BCUT2D eigenvalue weighted by molar-refractivity contribution is 0.600. The van der Waals surface area contributed by atoms with Crippen LogP contribution in [0, 0.1) is 24.2 Å². The molecule has 3 aromatic rings. The van der Waals surface area contributed by atoms with E-state index in [1.54, 1.807) is 12.4 Å². The number of anilines is 3. The van der Waals surface area contributed by atoms with Crippen LogP contribution in [-0.2, 0) is 0 Å². The van der Waals surface area contributed by atoms with Crippen LogP contribution in [0.3, 0.4) is 0 Å². The Morgan fingerprint density at radius 3 is 2.85 bits per heavy atom. The molecule has 8 heteroatoms. The summed E-state index contributed by atoms with van der Waals surface area (Å²) in [6.07, 6.45) is 4.36. The summed E-state index contributed by atoms with van der Waals surface area (Å²) >= 11 is 0. The van der Waals surface area contributed by atoms with Gasteiger partial charge < -0.3 is 14.8 Å². The standard InChI is InChI=1S/C19H22N8/c1-12(2)27-13(3)23-15-10-22-18(8-16(15)27)24-17-4-6-21-19(25-17)26-7-5-14(9-20)11-26/h4,6,8,10,12,14H,5,7,11H2,1-3H3,(H,21,22,24,25)/t14-/m0/s1. The second-order valence-electron chi connectivity index (χ2n) is 7.11. The van der Waals surface area contributed by atoms with Gasteiger partial charge in [0.2, 0.25) is 5.95 Å². The molecule has 27 heavy (non-hydrogen) atoms. The van der Waals surface area contributed by atoms with E-state index in [1.807, 2.05) is 24.0 Å². The summed E-state index contributed by atoms with van der Waals surface area (Å²) < 4.78 is 2.19. The van der Waals surface area contributed by atoms with Crippen LogP contribution in [0.1, 0.15) is 32.1 Å². The molecule has 4 heterocycles. The van der Waals surface area contributed by atoms with Gasteiger partial charge in [0.15, 0.2) is 0 Å². The summed E-state index contributed by atoms with van der Waals surface area (Å²) in [4.78, 5) is 20.0. The first-order chi connectivity index (χ1) is 13.0. The van der Waals surface area contributed by atoms with Crippen LogP contribution in [0.4, 0.5) is 17.6 Å². The number of rotatable bonds is 4. The van der Waals surface area contributed by atoms with E-state index < -0.39 is 0 Å². The highest BCUT2D eigenvalue weighted by Gasteiger charge is 2.24. The smallest absolute Gasteiger partial charge is 0.227 e. The molecular formula is C19H22N8. The normalized spacial score (nSPS) is 16.9. The van der Waals surface area contributed by atoms with Gasteiger partial charge in [0.25, 0.3) is 0 Å². The number of nitriles is 1. The molecule has 1 aliphatic heterocycles. The molecule has 1 N–H and O–H groups in total. The minimum atomic E-state index is 0.0499. The minimum absolute atomic E-state index is 0.0499. The summed E-state index contributed by atoms with van der Waals surface area (Å²) in [5, 5.41) is 12.4. The van der Waals surface area contributed by atoms with Gasteiger partial charge in [-0.25, -0.2) is 15.0 Å². The lowest BCUT2D eigenvalue weighted by atomic mass is 10.1. The second-order valence-corrected chi connectivity index (χ2v) is 7.11. The molecule has 1 aliphatic rings. The van der Waals surface area contributed by atoms with E-state index in [-0.39, 0.29) is 5.92 Å². The highest BCUT2D eigenvalue weighted by Crippen LogP contribution is 2.25. The van der Waals surface area contributed by atoms with Crippen LogP contribution in [0.25, 0.3) is 11.0 Å². The summed E-state index contributed by atoms with van der Waals surface area (Å²) in [7, 11) is 0. The van der Waals surface area contributed by atoms with Crippen molar-refractivity contribution in [3.8, 4) is 6.07 Å². The first kappa shape index (κ1) is 17.2. The predicted molar refractivity (Wildman–Crippen MR) is 104 cm³/mol. The van der Waals surface area contributed by atoms with E-state index in [0.29, 0.717) is 30.2 Å². The van der Waals surface area contributed by atoms with Crippen molar-refractivity contribution in [2.24, 2.45) is 5.92 Å². The third-order valence-corrected chi connectivity index (χ3v) is 4.82. The fourth-order valence-corrected chi connectivity index (χ4v) is 3.59. The van der Waals surface area contributed by atoms with Gasteiger partial charge >= 0.3 is 0 Å². The number of pyridine rings is 1. The molecule has 3 aromatic heterocycles. The van der Waals surface area contributed by atoms with E-state index >= 15 is 0 Å². The van der Waals surface area contributed by atoms with Crippen molar-refractivity contribution in [1.29, 1.82) is 5.26 Å². The zero-order chi connectivity index (χ0) is 19.0. The first-order valence-corrected chi connectivity index (χ1v) is 9.14. The van der Waals surface area contributed by atoms with Gasteiger partial charge in [-0.15, -0.1) is 0 Å².